The average Bonchev–Trinajstić information content (AvgIpc) is 3.26. The largest absolute Gasteiger partial charge is 0.493 e. The first-order valence-corrected chi connectivity index (χ1v) is 9.97. The molecular weight excluding hydrogens is 344 g/mol. The number of nitrogens with zero attached hydrogens (tertiary/aromatic N) is 2. The highest BCUT2D eigenvalue weighted by Gasteiger charge is 2.28. The third kappa shape index (κ3) is 4.67. The highest BCUT2D eigenvalue weighted by atomic mass is 16.5. The van der Waals surface area contributed by atoms with E-state index in [0.717, 1.165) is 31.5 Å². The van der Waals surface area contributed by atoms with E-state index in [1.165, 1.54) is 25.9 Å². The summed E-state index contributed by atoms with van der Waals surface area (Å²) in [6.07, 6.45) is 6.04. The van der Waals surface area contributed by atoms with Gasteiger partial charge in [-0.1, -0.05) is 0 Å². The van der Waals surface area contributed by atoms with Crippen LogP contribution >= 0.6 is 0 Å². The number of carbonyl (C=O) groups is 1. The zero-order valence-corrected chi connectivity index (χ0v) is 16.8. The number of methoxy groups -OCH3 is 3. The van der Waals surface area contributed by atoms with Crippen molar-refractivity contribution < 1.29 is 19.0 Å². The van der Waals surface area contributed by atoms with E-state index in [-0.39, 0.29) is 5.91 Å². The lowest BCUT2D eigenvalue weighted by atomic mass is 10.0. The van der Waals surface area contributed by atoms with Crippen molar-refractivity contribution in [2.75, 3.05) is 47.5 Å². The Morgan fingerprint density at radius 2 is 1.56 bits per heavy atom. The summed E-state index contributed by atoms with van der Waals surface area (Å²) in [4.78, 5) is 17.3. The predicted molar refractivity (Wildman–Crippen MR) is 105 cm³/mol. The minimum absolute atomic E-state index is 0.239. The van der Waals surface area contributed by atoms with Crippen LogP contribution in [-0.2, 0) is 11.2 Å². The minimum Gasteiger partial charge on any atom is -0.493 e. The van der Waals surface area contributed by atoms with Crippen LogP contribution in [0.15, 0.2) is 12.1 Å². The van der Waals surface area contributed by atoms with E-state index in [9.17, 15) is 4.79 Å². The summed E-state index contributed by atoms with van der Waals surface area (Å²) in [5, 5.41) is 0. The van der Waals surface area contributed by atoms with Crippen molar-refractivity contribution in [3.63, 3.8) is 0 Å². The molecule has 2 saturated heterocycles. The summed E-state index contributed by atoms with van der Waals surface area (Å²) in [6.45, 7) is 4.24. The number of rotatable bonds is 7. The summed E-state index contributed by atoms with van der Waals surface area (Å²) in [7, 11) is 4.81. The zero-order valence-electron chi connectivity index (χ0n) is 16.8. The van der Waals surface area contributed by atoms with Gasteiger partial charge in [-0.3, -0.25) is 4.79 Å². The van der Waals surface area contributed by atoms with E-state index in [1.807, 2.05) is 17.0 Å². The van der Waals surface area contributed by atoms with Crippen LogP contribution in [0.1, 0.15) is 37.7 Å². The Labute approximate surface area is 162 Å². The molecule has 0 aromatic heterocycles. The molecule has 2 aliphatic rings. The fourth-order valence-electron chi connectivity index (χ4n) is 4.28. The fourth-order valence-corrected chi connectivity index (χ4v) is 4.28. The van der Waals surface area contributed by atoms with Gasteiger partial charge in [0.05, 0.1) is 21.3 Å². The number of aryl methyl sites for hydroxylation is 1. The first-order valence-electron chi connectivity index (χ1n) is 9.97. The Hall–Kier alpha value is -1.95. The van der Waals surface area contributed by atoms with E-state index in [2.05, 4.69) is 4.90 Å². The predicted octanol–water partition coefficient (Wildman–Crippen LogP) is 2.73. The van der Waals surface area contributed by atoms with Gasteiger partial charge in [0.15, 0.2) is 11.5 Å². The Balaban J connectivity index is 1.53. The van der Waals surface area contributed by atoms with Crippen LogP contribution in [0.5, 0.6) is 17.2 Å². The topological polar surface area (TPSA) is 51.2 Å². The molecule has 150 valence electrons. The number of likely N-dealkylation sites (tertiary alicyclic amines) is 2. The lowest BCUT2D eigenvalue weighted by Crippen LogP contribution is -2.45. The lowest BCUT2D eigenvalue weighted by Gasteiger charge is -2.36. The van der Waals surface area contributed by atoms with Crippen molar-refractivity contribution in [2.24, 2.45) is 0 Å². The molecule has 0 bridgehead atoms. The van der Waals surface area contributed by atoms with Crippen molar-refractivity contribution in [1.82, 2.24) is 9.80 Å². The van der Waals surface area contributed by atoms with Gasteiger partial charge in [0, 0.05) is 25.6 Å². The van der Waals surface area contributed by atoms with Crippen LogP contribution in [0.3, 0.4) is 0 Å². The molecule has 0 aliphatic carbocycles. The van der Waals surface area contributed by atoms with E-state index in [0.29, 0.717) is 36.1 Å². The third-order valence-electron chi connectivity index (χ3n) is 5.83. The average molecular weight is 376 g/mol. The molecule has 1 amide bonds. The van der Waals surface area contributed by atoms with Gasteiger partial charge in [-0.05, 0) is 62.9 Å². The highest BCUT2D eigenvalue weighted by Crippen LogP contribution is 2.38. The number of amides is 1. The van der Waals surface area contributed by atoms with Crippen molar-refractivity contribution >= 4 is 5.91 Å². The van der Waals surface area contributed by atoms with Crippen molar-refractivity contribution in [3.05, 3.63) is 17.7 Å². The number of ether oxygens (including phenoxy) is 3. The molecule has 27 heavy (non-hydrogen) atoms. The van der Waals surface area contributed by atoms with Crippen molar-refractivity contribution in [2.45, 2.75) is 44.6 Å². The summed E-state index contributed by atoms with van der Waals surface area (Å²) in [5.41, 5.74) is 1.02. The second-order valence-electron chi connectivity index (χ2n) is 7.39. The van der Waals surface area contributed by atoms with E-state index in [1.54, 1.807) is 21.3 Å². The van der Waals surface area contributed by atoms with Gasteiger partial charge in [-0.25, -0.2) is 0 Å². The summed E-state index contributed by atoms with van der Waals surface area (Å²) in [6, 6.07) is 4.52. The SMILES string of the molecule is COc1cc(CCC(=O)N2CCC(N3CCCC3)CC2)cc(OC)c1OC. The fraction of sp³-hybridized carbons (Fsp3) is 0.667. The molecule has 1 aromatic carbocycles. The van der Waals surface area contributed by atoms with Crippen LogP contribution in [0.25, 0.3) is 0 Å². The normalized spacial score (nSPS) is 18.6. The van der Waals surface area contributed by atoms with Crippen LogP contribution in [0.4, 0.5) is 0 Å². The Bertz CT molecular complexity index is 610. The van der Waals surface area contributed by atoms with Gasteiger partial charge in [0.2, 0.25) is 11.7 Å². The summed E-state index contributed by atoms with van der Waals surface area (Å²) < 4.78 is 16.2. The first kappa shape index (κ1) is 19.8. The molecule has 0 radical (unpaired) electrons. The van der Waals surface area contributed by atoms with E-state index < -0.39 is 0 Å². The number of carbonyl (C=O) groups excluding carboxylic acids is 1. The number of piperidine rings is 1. The molecule has 6 heteroatoms. The molecule has 2 fully saturated rings. The molecule has 3 rings (SSSR count). The van der Waals surface area contributed by atoms with Crippen LogP contribution in [0.2, 0.25) is 0 Å². The maximum Gasteiger partial charge on any atom is 0.222 e. The van der Waals surface area contributed by atoms with Gasteiger partial charge < -0.3 is 24.0 Å². The van der Waals surface area contributed by atoms with E-state index >= 15 is 0 Å². The Morgan fingerprint density at radius 1 is 0.963 bits per heavy atom. The summed E-state index contributed by atoms with van der Waals surface area (Å²) >= 11 is 0. The standard InChI is InChI=1S/C21H32N2O4/c1-25-18-14-16(15-19(26-2)21(18)27-3)6-7-20(24)23-12-8-17(9-13-23)22-10-4-5-11-22/h14-15,17H,4-13H2,1-3H3. The minimum atomic E-state index is 0.239. The van der Waals surface area contributed by atoms with Gasteiger partial charge >= 0.3 is 0 Å². The third-order valence-corrected chi connectivity index (χ3v) is 5.83. The smallest absolute Gasteiger partial charge is 0.222 e. The Morgan fingerprint density at radius 3 is 2.07 bits per heavy atom. The van der Waals surface area contributed by atoms with Crippen molar-refractivity contribution in [1.29, 1.82) is 0 Å². The van der Waals surface area contributed by atoms with Gasteiger partial charge in [-0.15, -0.1) is 0 Å². The van der Waals surface area contributed by atoms with Gasteiger partial charge in [0.1, 0.15) is 0 Å². The molecule has 0 atom stereocenters. The second kappa shape index (κ2) is 9.31. The molecule has 0 spiro atoms. The molecular formula is C21H32N2O4. The van der Waals surface area contributed by atoms with Gasteiger partial charge in [0.25, 0.3) is 0 Å². The maximum absolute atomic E-state index is 12.7. The molecule has 1 aromatic rings. The summed E-state index contributed by atoms with van der Waals surface area (Å²) in [5.74, 6) is 2.08. The molecule has 6 nitrogen and oxygen atoms in total. The number of hydrogen-bond donors (Lipinski definition) is 0. The Kier molecular flexibility index (Phi) is 6.83. The molecule has 2 heterocycles. The molecule has 2 aliphatic heterocycles. The van der Waals surface area contributed by atoms with Gasteiger partial charge in [-0.2, -0.15) is 0 Å². The lowest BCUT2D eigenvalue weighted by molar-refractivity contribution is -0.132. The maximum atomic E-state index is 12.7. The first-order chi connectivity index (χ1) is 13.2. The molecule has 0 saturated carbocycles. The quantitative estimate of drug-likeness (QED) is 0.732. The van der Waals surface area contributed by atoms with Crippen LogP contribution in [0, 0.1) is 0 Å². The van der Waals surface area contributed by atoms with Crippen molar-refractivity contribution in [3.8, 4) is 17.2 Å². The van der Waals surface area contributed by atoms with Crippen LogP contribution < -0.4 is 14.2 Å². The zero-order chi connectivity index (χ0) is 19.2. The van der Waals surface area contributed by atoms with E-state index in [4.69, 9.17) is 14.2 Å². The number of hydrogen-bond acceptors (Lipinski definition) is 5. The molecule has 0 N–H and O–H groups in total. The molecule has 0 unspecified atom stereocenters. The second-order valence-corrected chi connectivity index (χ2v) is 7.39. The number of benzene rings is 1. The monoisotopic (exact) mass is 376 g/mol. The van der Waals surface area contributed by atoms with Crippen LogP contribution in [-0.4, -0.2) is 69.3 Å². The highest BCUT2D eigenvalue weighted by molar-refractivity contribution is 5.76.